The van der Waals surface area contributed by atoms with Crippen LogP contribution in [0.1, 0.15) is 32.1 Å². The second-order valence-corrected chi connectivity index (χ2v) is 7.49. The van der Waals surface area contributed by atoms with Crippen LogP contribution in [0.3, 0.4) is 0 Å². The lowest BCUT2D eigenvalue weighted by Gasteiger charge is -2.32. The van der Waals surface area contributed by atoms with Crippen LogP contribution in [-0.4, -0.2) is 42.5 Å². The zero-order valence-corrected chi connectivity index (χ0v) is 15.6. The third kappa shape index (κ3) is 3.94. The smallest absolute Gasteiger partial charge is 0.323 e. The highest BCUT2D eigenvalue weighted by Crippen LogP contribution is 2.40. The maximum atomic E-state index is 12.6. The highest BCUT2D eigenvalue weighted by atomic mass is 35.5. The lowest BCUT2D eigenvalue weighted by molar-refractivity contribution is -0.146. The number of likely N-dealkylation sites (tertiary alicyclic amines) is 1. The number of hydrogen-bond acceptors (Lipinski definition) is 4. The Morgan fingerprint density at radius 2 is 2.04 bits per heavy atom. The number of nitrogens with zero attached hydrogens (tertiary/aromatic N) is 1. The molecule has 25 heavy (non-hydrogen) atoms. The maximum absolute atomic E-state index is 12.6. The first-order chi connectivity index (χ1) is 12.0. The molecule has 1 aromatic carbocycles. The summed E-state index contributed by atoms with van der Waals surface area (Å²) < 4.78 is 4.95. The maximum Gasteiger partial charge on any atom is 0.323 e. The number of rotatable bonds is 4. The standard InChI is InChI=1S/C18H22Cl2N2O3/c1-25-18(24)15-9-11-5-2-3-8-14(11)22(15)10-16(23)21-13-7-4-6-12(19)17(13)20/h4,6-7,11,14-15H,2-3,5,8-10H2,1H3,(H,21,23)/t11-,14+,15+/m1/s1. The van der Waals surface area contributed by atoms with Crippen molar-refractivity contribution >= 4 is 40.8 Å². The van der Waals surface area contributed by atoms with Crippen molar-refractivity contribution in [2.75, 3.05) is 19.0 Å². The lowest BCUT2D eigenvalue weighted by Crippen LogP contribution is -2.46. The van der Waals surface area contributed by atoms with Gasteiger partial charge in [-0.05, 0) is 37.3 Å². The Morgan fingerprint density at radius 1 is 1.28 bits per heavy atom. The molecule has 1 saturated carbocycles. The first-order valence-corrected chi connectivity index (χ1v) is 9.34. The van der Waals surface area contributed by atoms with Gasteiger partial charge in [0.2, 0.25) is 5.91 Å². The van der Waals surface area contributed by atoms with Crippen molar-refractivity contribution < 1.29 is 14.3 Å². The van der Waals surface area contributed by atoms with Gasteiger partial charge in [0, 0.05) is 6.04 Å². The molecule has 3 rings (SSSR count). The van der Waals surface area contributed by atoms with Crippen molar-refractivity contribution in [3.05, 3.63) is 28.2 Å². The van der Waals surface area contributed by atoms with Gasteiger partial charge in [0.25, 0.3) is 0 Å². The third-order valence-corrected chi connectivity index (χ3v) is 6.07. The second kappa shape index (κ2) is 7.94. The van der Waals surface area contributed by atoms with Crippen molar-refractivity contribution in [2.24, 2.45) is 5.92 Å². The molecule has 2 aliphatic rings. The van der Waals surface area contributed by atoms with E-state index in [0.29, 0.717) is 21.7 Å². The number of amides is 1. The van der Waals surface area contributed by atoms with E-state index < -0.39 is 0 Å². The molecule has 0 bridgehead atoms. The van der Waals surface area contributed by atoms with Gasteiger partial charge in [-0.15, -0.1) is 0 Å². The summed E-state index contributed by atoms with van der Waals surface area (Å²) in [6, 6.07) is 5.02. The quantitative estimate of drug-likeness (QED) is 0.803. The molecule has 1 heterocycles. The predicted molar refractivity (Wildman–Crippen MR) is 98.0 cm³/mol. The summed E-state index contributed by atoms with van der Waals surface area (Å²) in [5, 5.41) is 3.51. The van der Waals surface area contributed by atoms with Crippen LogP contribution < -0.4 is 5.32 Å². The molecule has 7 heteroatoms. The van der Waals surface area contributed by atoms with Gasteiger partial charge in [-0.25, -0.2) is 0 Å². The van der Waals surface area contributed by atoms with E-state index in [0.717, 1.165) is 25.7 Å². The fourth-order valence-corrected chi connectivity index (χ4v) is 4.45. The van der Waals surface area contributed by atoms with Gasteiger partial charge >= 0.3 is 5.97 Å². The van der Waals surface area contributed by atoms with Crippen LogP contribution >= 0.6 is 23.2 Å². The third-order valence-electron chi connectivity index (χ3n) is 5.25. The van der Waals surface area contributed by atoms with Gasteiger partial charge in [-0.3, -0.25) is 14.5 Å². The number of fused-ring (bicyclic) bond motifs is 1. The molecule has 3 atom stereocenters. The summed E-state index contributed by atoms with van der Waals surface area (Å²) in [4.78, 5) is 26.7. The highest BCUT2D eigenvalue weighted by Gasteiger charge is 2.46. The molecule has 5 nitrogen and oxygen atoms in total. The molecule has 0 aromatic heterocycles. The Hall–Kier alpha value is -1.30. The summed E-state index contributed by atoms with van der Waals surface area (Å²) >= 11 is 12.1. The molecule has 1 aliphatic heterocycles. The van der Waals surface area contributed by atoms with Crippen LogP contribution in [0.4, 0.5) is 5.69 Å². The van der Waals surface area contributed by atoms with Gasteiger partial charge in [-0.1, -0.05) is 42.1 Å². The molecule has 0 radical (unpaired) electrons. The number of nitrogens with one attached hydrogen (secondary N) is 1. The Bertz CT molecular complexity index is 668. The van der Waals surface area contributed by atoms with Crippen molar-refractivity contribution in [2.45, 2.75) is 44.2 Å². The summed E-state index contributed by atoms with van der Waals surface area (Å²) in [6.45, 7) is 0.143. The Labute approximate surface area is 157 Å². The average Bonchev–Trinajstić information content (AvgIpc) is 2.97. The summed E-state index contributed by atoms with van der Waals surface area (Å²) in [5.74, 6) is -0.00677. The van der Waals surface area contributed by atoms with Crippen LogP contribution in [0, 0.1) is 5.92 Å². The predicted octanol–water partition coefficient (Wildman–Crippen LogP) is 3.74. The second-order valence-electron chi connectivity index (χ2n) is 6.71. The van der Waals surface area contributed by atoms with Gasteiger partial charge in [0.05, 0.1) is 29.4 Å². The highest BCUT2D eigenvalue weighted by molar-refractivity contribution is 6.44. The molecule has 0 spiro atoms. The number of hydrogen-bond donors (Lipinski definition) is 1. The summed E-state index contributed by atoms with van der Waals surface area (Å²) in [5.41, 5.74) is 0.480. The van der Waals surface area contributed by atoms with E-state index >= 15 is 0 Å². The normalized spacial score (nSPS) is 26.1. The SMILES string of the molecule is COC(=O)[C@@H]1C[C@H]2CCCC[C@@H]2N1CC(=O)Nc1cccc(Cl)c1Cl. The lowest BCUT2D eigenvalue weighted by atomic mass is 9.85. The number of anilines is 1. The number of carbonyl (C=O) groups is 2. The number of halogens is 2. The van der Waals surface area contributed by atoms with Crippen LogP contribution in [0.2, 0.25) is 10.0 Å². The molecule has 136 valence electrons. The zero-order chi connectivity index (χ0) is 18.0. The van der Waals surface area contributed by atoms with E-state index in [1.54, 1.807) is 18.2 Å². The number of benzene rings is 1. The van der Waals surface area contributed by atoms with Crippen LogP contribution in [-0.2, 0) is 14.3 Å². The summed E-state index contributed by atoms with van der Waals surface area (Å²) in [7, 11) is 1.40. The molecule has 1 saturated heterocycles. The van der Waals surface area contributed by atoms with E-state index in [1.807, 2.05) is 4.90 Å². The Kier molecular flexibility index (Phi) is 5.87. The number of carbonyl (C=O) groups excluding carboxylic acids is 2. The van der Waals surface area contributed by atoms with Crippen LogP contribution in [0.15, 0.2) is 18.2 Å². The Morgan fingerprint density at radius 3 is 2.80 bits per heavy atom. The molecule has 1 aliphatic carbocycles. The first-order valence-electron chi connectivity index (χ1n) is 8.58. The number of ether oxygens (including phenoxy) is 1. The van der Waals surface area contributed by atoms with Crippen molar-refractivity contribution in [1.29, 1.82) is 0 Å². The van der Waals surface area contributed by atoms with Crippen molar-refractivity contribution in [3.8, 4) is 0 Å². The molecular formula is C18H22Cl2N2O3. The topological polar surface area (TPSA) is 58.6 Å². The van der Waals surface area contributed by atoms with E-state index in [9.17, 15) is 9.59 Å². The Balaban J connectivity index is 1.72. The molecule has 0 unspecified atom stereocenters. The first kappa shape index (κ1) is 18.5. The minimum atomic E-state index is -0.348. The van der Waals surface area contributed by atoms with Crippen molar-refractivity contribution in [1.82, 2.24) is 4.90 Å². The van der Waals surface area contributed by atoms with E-state index in [-0.39, 0.29) is 30.5 Å². The fourth-order valence-electron chi connectivity index (χ4n) is 4.10. The van der Waals surface area contributed by atoms with Crippen LogP contribution in [0.5, 0.6) is 0 Å². The molecular weight excluding hydrogens is 363 g/mol. The summed E-state index contributed by atoms with van der Waals surface area (Å²) in [6.07, 6.45) is 5.21. The largest absolute Gasteiger partial charge is 0.468 e. The van der Waals surface area contributed by atoms with Gasteiger partial charge in [0.1, 0.15) is 6.04 Å². The van der Waals surface area contributed by atoms with E-state index in [4.69, 9.17) is 27.9 Å². The zero-order valence-electron chi connectivity index (χ0n) is 14.1. The fraction of sp³-hybridized carbons (Fsp3) is 0.556. The van der Waals surface area contributed by atoms with Crippen molar-refractivity contribution in [3.63, 3.8) is 0 Å². The van der Waals surface area contributed by atoms with Gasteiger partial charge in [0.15, 0.2) is 0 Å². The molecule has 2 fully saturated rings. The minimum Gasteiger partial charge on any atom is -0.468 e. The number of esters is 1. The van der Waals surface area contributed by atoms with Gasteiger partial charge < -0.3 is 10.1 Å². The molecule has 1 amide bonds. The number of methoxy groups -OCH3 is 1. The van der Waals surface area contributed by atoms with Crippen LogP contribution in [0.25, 0.3) is 0 Å². The van der Waals surface area contributed by atoms with E-state index in [1.165, 1.54) is 13.5 Å². The van der Waals surface area contributed by atoms with E-state index in [2.05, 4.69) is 5.32 Å². The average molecular weight is 385 g/mol. The molecule has 1 aromatic rings. The molecule has 1 N–H and O–H groups in total. The monoisotopic (exact) mass is 384 g/mol. The van der Waals surface area contributed by atoms with Gasteiger partial charge in [-0.2, -0.15) is 0 Å². The minimum absolute atomic E-state index is 0.143.